The molecule has 80 valence electrons. The first-order chi connectivity index (χ1) is 6.67. The Balaban J connectivity index is 2.81. The number of nitro groups is 1. The number of nitrogens with zero attached hydrogens (tertiary/aromatic N) is 2. The molecule has 1 atom stereocenters. The number of rotatable bonds is 5. The highest BCUT2D eigenvalue weighted by Gasteiger charge is 2.49. The van der Waals surface area contributed by atoms with Crippen molar-refractivity contribution in [1.82, 2.24) is 10.2 Å². The molecule has 7 nitrogen and oxygen atoms in total. The van der Waals surface area contributed by atoms with Gasteiger partial charge in [-0.15, -0.1) is 0 Å². The quantitative estimate of drug-likeness (QED) is 0.437. The van der Waals surface area contributed by atoms with Crippen molar-refractivity contribution < 1.29 is 14.8 Å². The van der Waals surface area contributed by atoms with Crippen LogP contribution in [0.15, 0.2) is 12.4 Å². The first kappa shape index (κ1) is 10.7. The van der Waals surface area contributed by atoms with E-state index < -0.39 is 10.7 Å². The van der Waals surface area contributed by atoms with Crippen LogP contribution in [0.1, 0.15) is 0 Å². The zero-order chi connectivity index (χ0) is 10.6. The zero-order valence-electron chi connectivity index (χ0n) is 7.84. The van der Waals surface area contributed by atoms with Gasteiger partial charge in [0.1, 0.15) is 0 Å². The van der Waals surface area contributed by atoms with Crippen LogP contribution in [0.3, 0.4) is 0 Å². The van der Waals surface area contributed by atoms with Gasteiger partial charge in [-0.3, -0.25) is 15.0 Å². The van der Waals surface area contributed by atoms with Crippen molar-refractivity contribution in [2.45, 2.75) is 5.79 Å². The Morgan fingerprint density at radius 2 is 2.50 bits per heavy atom. The average molecular weight is 203 g/mol. The minimum atomic E-state index is -1.47. The van der Waals surface area contributed by atoms with Crippen LogP contribution >= 0.6 is 0 Å². The molecule has 14 heavy (non-hydrogen) atoms. The largest absolute Gasteiger partial charge is 0.398 e. The Bertz CT molecular complexity index is 245. The maximum Gasteiger partial charge on any atom is 0.398 e. The Kier molecular flexibility index (Phi) is 3.26. The lowest BCUT2D eigenvalue weighted by Gasteiger charge is -2.29. The van der Waals surface area contributed by atoms with Crippen LogP contribution in [0.5, 0.6) is 0 Å². The third-order valence-corrected chi connectivity index (χ3v) is 2.03. The molecule has 0 aromatic rings. The van der Waals surface area contributed by atoms with Gasteiger partial charge >= 0.3 is 5.79 Å². The first-order valence-electron chi connectivity index (χ1n) is 4.13. The molecule has 0 amide bonds. The average Bonchev–Trinajstić information content (AvgIpc) is 2.51. The molecule has 0 bridgehead atoms. The highest BCUT2D eigenvalue weighted by atomic mass is 16.6. The molecule has 2 N–H and O–H groups in total. The summed E-state index contributed by atoms with van der Waals surface area (Å²) in [6.07, 6.45) is 3.00. The third kappa shape index (κ3) is 1.64. The highest BCUT2D eigenvalue weighted by Crippen LogP contribution is 2.18. The van der Waals surface area contributed by atoms with Gasteiger partial charge in [-0.2, -0.15) is 0 Å². The molecule has 1 aliphatic rings. The SMILES string of the molecule is COCC1([N+](=O)[O-])NC=CN1CCO. The van der Waals surface area contributed by atoms with E-state index in [1.54, 1.807) is 0 Å². The van der Waals surface area contributed by atoms with Crippen LogP contribution in [0.4, 0.5) is 0 Å². The van der Waals surface area contributed by atoms with Gasteiger partial charge in [-0.1, -0.05) is 0 Å². The summed E-state index contributed by atoms with van der Waals surface area (Å²) < 4.78 is 4.80. The molecule has 0 aromatic carbocycles. The van der Waals surface area contributed by atoms with E-state index >= 15 is 0 Å². The van der Waals surface area contributed by atoms with Crippen LogP contribution in [0.25, 0.3) is 0 Å². The second-order valence-corrected chi connectivity index (χ2v) is 2.88. The smallest absolute Gasteiger partial charge is 0.395 e. The topological polar surface area (TPSA) is 87.9 Å². The summed E-state index contributed by atoms with van der Waals surface area (Å²) in [7, 11) is 1.39. The predicted molar refractivity (Wildman–Crippen MR) is 47.7 cm³/mol. The molecule has 1 heterocycles. The van der Waals surface area contributed by atoms with Crippen molar-refractivity contribution in [2.75, 3.05) is 26.9 Å². The maximum absolute atomic E-state index is 10.9. The molecule has 0 aliphatic carbocycles. The van der Waals surface area contributed by atoms with Crippen LogP contribution in [-0.4, -0.2) is 47.6 Å². The zero-order valence-corrected chi connectivity index (χ0v) is 7.84. The van der Waals surface area contributed by atoms with Crippen molar-refractivity contribution in [2.24, 2.45) is 0 Å². The molecule has 0 fully saturated rings. The molecular weight excluding hydrogens is 190 g/mol. The number of hydrogen-bond donors (Lipinski definition) is 2. The summed E-state index contributed by atoms with van der Waals surface area (Å²) in [5.41, 5.74) is 0. The lowest BCUT2D eigenvalue weighted by atomic mass is 10.3. The summed E-state index contributed by atoms with van der Waals surface area (Å²) in [6, 6.07) is 0. The van der Waals surface area contributed by atoms with E-state index in [2.05, 4.69) is 5.32 Å². The van der Waals surface area contributed by atoms with Crippen molar-refractivity contribution in [3.8, 4) is 0 Å². The molecular formula is C7H13N3O4. The number of nitrogens with one attached hydrogen (secondary N) is 1. The molecule has 0 aromatic heterocycles. The van der Waals surface area contributed by atoms with Gasteiger partial charge in [0.15, 0.2) is 6.61 Å². The van der Waals surface area contributed by atoms with Crippen LogP contribution in [-0.2, 0) is 4.74 Å². The van der Waals surface area contributed by atoms with Crippen molar-refractivity contribution in [3.05, 3.63) is 22.5 Å². The fourth-order valence-electron chi connectivity index (χ4n) is 1.37. The fourth-order valence-corrected chi connectivity index (χ4v) is 1.37. The normalized spacial score (nSPS) is 25.1. The number of aliphatic hydroxyl groups excluding tert-OH is 1. The minimum absolute atomic E-state index is 0.0903. The van der Waals surface area contributed by atoms with E-state index in [0.29, 0.717) is 0 Å². The summed E-state index contributed by atoms with van der Waals surface area (Å²) in [4.78, 5) is 11.8. The summed E-state index contributed by atoms with van der Waals surface area (Å²) in [5, 5.41) is 22.3. The van der Waals surface area contributed by atoms with E-state index in [1.807, 2.05) is 0 Å². The molecule has 0 radical (unpaired) electrons. The summed E-state index contributed by atoms with van der Waals surface area (Å²) in [5.74, 6) is -1.47. The molecule has 1 aliphatic heterocycles. The van der Waals surface area contributed by atoms with E-state index in [1.165, 1.54) is 24.4 Å². The van der Waals surface area contributed by atoms with Gasteiger partial charge < -0.3 is 15.2 Å². The Hall–Kier alpha value is -1.34. The number of methoxy groups -OCH3 is 1. The van der Waals surface area contributed by atoms with E-state index in [0.717, 1.165) is 0 Å². The van der Waals surface area contributed by atoms with Gasteiger partial charge in [-0.25, -0.2) is 0 Å². The number of hydrogen-bond acceptors (Lipinski definition) is 6. The Morgan fingerprint density at radius 3 is 3.00 bits per heavy atom. The lowest BCUT2D eigenvalue weighted by molar-refractivity contribution is -0.606. The van der Waals surface area contributed by atoms with Crippen molar-refractivity contribution in [3.63, 3.8) is 0 Å². The molecule has 7 heteroatoms. The Morgan fingerprint density at radius 1 is 1.79 bits per heavy atom. The van der Waals surface area contributed by atoms with Gasteiger partial charge in [0.2, 0.25) is 0 Å². The van der Waals surface area contributed by atoms with Gasteiger partial charge in [-0.05, 0) is 0 Å². The second kappa shape index (κ2) is 4.25. The van der Waals surface area contributed by atoms with Crippen molar-refractivity contribution >= 4 is 0 Å². The fraction of sp³-hybridized carbons (Fsp3) is 0.714. The predicted octanol–water partition coefficient (Wildman–Crippen LogP) is -1.07. The van der Waals surface area contributed by atoms with E-state index in [-0.39, 0.29) is 19.8 Å². The molecule has 0 spiro atoms. The maximum atomic E-state index is 10.9. The minimum Gasteiger partial charge on any atom is -0.395 e. The van der Waals surface area contributed by atoms with Gasteiger partial charge in [0.05, 0.1) is 11.5 Å². The first-order valence-corrected chi connectivity index (χ1v) is 4.13. The molecule has 1 rings (SSSR count). The molecule has 1 unspecified atom stereocenters. The Labute approximate surface area is 81.1 Å². The third-order valence-electron chi connectivity index (χ3n) is 2.03. The number of aliphatic hydroxyl groups is 1. The van der Waals surface area contributed by atoms with E-state index in [9.17, 15) is 10.1 Å². The van der Waals surface area contributed by atoms with E-state index in [4.69, 9.17) is 9.84 Å². The number of β-amino-alcohol motifs (C(OH)–C–C–N with tert-alkyl or cyclic N) is 1. The standard InChI is InChI=1S/C7H13N3O4/c1-14-6-7(10(12)13)8-2-3-9(7)4-5-11/h2-3,8,11H,4-6H2,1H3. The van der Waals surface area contributed by atoms with Gasteiger partial charge in [0, 0.05) is 26.1 Å². The molecule has 0 saturated carbocycles. The van der Waals surface area contributed by atoms with Gasteiger partial charge in [0.25, 0.3) is 0 Å². The lowest BCUT2D eigenvalue weighted by Crippen LogP contribution is -2.61. The summed E-state index contributed by atoms with van der Waals surface area (Å²) in [6.45, 7) is -0.0494. The number of ether oxygens (including phenoxy) is 1. The van der Waals surface area contributed by atoms with Crippen molar-refractivity contribution in [1.29, 1.82) is 0 Å². The second-order valence-electron chi connectivity index (χ2n) is 2.88. The van der Waals surface area contributed by atoms with Crippen LogP contribution < -0.4 is 5.32 Å². The monoisotopic (exact) mass is 203 g/mol. The molecule has 0 saturated heterocycles. The summed E-state index contributed by atoms with van der Waals surface area (Å²) >= 11 is 0. The van der Waals surface area contributed by atoms with Crippen LogP contribution in [0.2, 0.25) is 0 Å². The van der Waals surface area contributed by atoms with Crippen LogP contribution in [0, 0.1) is 10.1 Å². The highest BCUT2D eigenvalue weighted by molar-refractivity contribution is 4.99.